The SMILES string of the molecule is CC(C)(C)[NH+]([O-])ON. The topological polar surface area (TPSA) is 62.8 Å². The van der Waals surface area contributed by atoms with Crippen molar-refractivity contribution in [3.63, 3.8) is 0 Å². The molecule has 4 heteroatoms. The number of nitrogens with one attached hydrogen (secondary N) is 1. The van der Waals surface area contributed by atoms with Gasteiger partial charge in [-0.3, -0.25) is 0 Å². The van der Waals surface area contributed by atoms with Gasteiger partial charge in [-0.1, -0.05) is 0 Å². The van der Waals surface area contributed by atoms with Crippen LogP contribution in [0.5, 0.6) is 0 Å². The zero-order valence-corrected chi connectivity index (χ0v) is 5.39. The highest BCUT2D eigenvalue weighted by atomic mass is 16.9. The molecule has 3 N–H and O–H groups in total. The van der Waals surface area contributed by atoms with Gasteiger partial charge in [0.15, 0.2) is 0 Å². The second-order valence-electron chi connectivity index (χ2n) is 2.66. The fraction of sp³-hybridized carbons (Fsp3) is 1.00. The fourth-order valence-electron chi connectivity index (χ4n) is 0.177. The number of hydrogen-bond acceptors (Lipinski definition) is 3. The van der Waals surface area contributed by atoms with Crippen LogP contribution in [-0.4, -0.2) is 5.54 Å². The lowest BCUT2D eigenvalue weighted by Gasteiger charge is -2.29. The summed E-state index contributed by atoms with van der Waals surface area (Å²) < 4.78 is 0. The van der Waals surface area contributed by atoms with Crippen LogP contribution in [0.1, 0.15) is 20.8 Å². The van der Waals surface area contributed by atoms with Crippen molar-refractivity contribution in [1.29, 1.82) is 0 Å². The van der Waals surface area contributed by atoms with Crippen molar-refractivity contribution < 1.29 is 10.2 Å². The number of nitrogens with two attached hydrogens (primary N) is 1. The summed E-state index contributed by atoms with van der Waals surface area (Å²) in [4.78, 5) is 3.98. The lowest BCUT2D eigenvalue weighted by Crippen LogP contribution is -3.14. The van der Waals surface area contributed by atoms with E-state index < -0.39 is 10.8 Å². The quantitative estimate of drug-likeness (QED) is 0.435. The Morgan fingerprint density at radius 3 is 1.88 bits per heavy atom. The van der Waals surface area contributed by atoms with Crippen LogP contribution in [0.25, 0.3) is 0 Å². The molecule has 0 radical (unpaired) electrons. The molecule has 0 aromatic heterocycles. The summed E-state index contributed by atoms with van der Waals surface area (Å²) in [6.45, 7) is 5.21. The standard InChI is InChI=1S/C4H12N2O2/c1-4(2,3)6(7)8-5/h6H,5H2,1-3H3. The Bertz CT molecular complexity index is 68.9. The molecule has 8 heavy (non-hydrogen) atoms. The maximum atomic E-state index is 10.5. The molecule has 0 aliphatic carbocycles. The normalized spacial score (nSPS) is 16.1. The Labute approximate surface area is 48.7 Å². The highest BCUT2D eigenvalue weighted by molar-refractivity contribution is 4.52. The fourth-order valence-corrected chi connectivity index (χ4v) is 0.177. The molecule has 0 aromatic carbocycles. The third-order valence-corrected chi connectivity index (χ3v) is 0.719. The molecule has 0 aliphatic heterocycles. The van der Waals surface area contributed by atoms with E-state index in [4.69, 9.17) is 0 Å². The smallest absolute Gasteiger partial charge is 0.120 e. The van der Waals surface area contributed by atoms with E-state index in [1.165, 1.54) is 0 Å². The maximum Gasteiger partial charge on any atom is 0.120 e. The number of quaternary nitrogens is 1. The van der Waals surface area contributed by atoms with Gasteiger partial charge in [0.05, 0.1) is 0 Å². The molecular formula is C4H12N2O2. The first-order chi connectivity index (χ1) is 3.48. The molecule has 0 amide bonds. The monoisotopic (exact) mass is 120 g/mol. The van der Waals surface area contributed by atoms with Crippen LogP contribution >= 0.6 is 0 Å². The zero-order valence-electron chi connectivity index (χ0n) is 5.39. The molecule has 0 saturated heterocycles. The van der Waals surface area contributed by atoms with E-state index in [1.54, 1.807) is 20.8 Å². The van der Waals surface area contributed by atoms with Crippen LogP contribution in [0.2, 0.25) is 0 Å². The number of hydroxylamine groups is 2. The van der Waals surface area contributed by atoms with Crippen LogP contribution in [0.3, 0.4) is 0 Å². The molecule has 0 rings (SSSR count). The van der Waals surface area contributed by atoms with Crippen molar-refractivity contribution in [2.45, 2.75) is 26.3 Å². The van der Waals surface area contributed by atoms with Crippen LogP contribution in [-0.2, 0) is 4.94 Å². The Morgan fingerprint density at radius 2 is 1.88 bits per heavy atom. The van der Waals surface area contributed by atoms with Gasteiger partial charge < -0.3 is 5.21 Å². The molecule has 4 nitrogen and oxygen atoms in total. The lowest BCUT2D eigenvalue weighted by molar-refractivity contribution is -1.09. The predicted octanol–water partition coefficient (Wildman–Crippen LogP) is -1.03. The van der Waals surface area contributed by atoms with Gasteiger partial charge in [0.25, 0.3) is 0 Å². The molecule has 0 aromatic rings. The van der Waals surface area contributed by atoms with Crippen LogP contribution in [0, 0.1) is 5.21 Å². The third-order valence-electron chi connectivity index (χ3n) is 0.719. The highest BCUT2D eigenvalue weighted by Gasteiger charge is 2.18. The molecule has 0 bridgehead atoms. The first kappa shape index (κ1) is 7.84. The summed E-state index contributed by atoms with van der Waals surface area (Å²) in [6, 6.07) is 0. The first-order valence-electron chi connectivity index (χ1n) is 2.39. The molecule has 0 aliphatic rings. The molecule has 1 unspecified atom stereocenters. The summed E-state index contributed by atoms with van der Waals surface area (Å²) in [5.74, 6) is 4.61. The van der Waals surface area contributed by atoms with Crippen molar-refractivity contribution in [3.8, 4) is 0 Å². The van der Waals surface area contributed by atoms with Crippen molar-refractivity contribution in [3.05, 3.63) is 5.21 Å². The van der Waals surface area contributed by atoms with Gasteiger partial charge in [0.2, 0.25) is 0 Å². The van der Waals surface area contributed by atoms with E-state index >= 15 is 0 Å². The molecule has 0 spiro atoms. The first-order valence-corrected chi connectivity index (χ1v) is 2.39. The van der Waals surface area contributed by atoms with Gasteiger partial charge in [-0.15, -0.1) is 4.94 Å². The maximum absolute atomic E-state index is 10.5. The van der Waals surface area contributed by atoms with E-state index in [0.717, 1.165) is 0 Å². The van der Waals surface area contributed by atoms with Gasteiger partial charge in [0.1, 0.15) is 5.54 Å². The van der Waals surface area contributed by atoms with Crippen LogP contribution in [0.4, 0.5) is 0 Å². The highest BCUT2D eigenvalue weighted by Crippen LogP contribution is 1.89. The van der Waals surface area contributed by atoms with Crippen molar-refractivity contribution in [2.75, 3.05) is 0 Å². The Balaban J connectivity index is 3.62. The van der Waals surface area contributed by atoms with Crippen molar-refractivity contribution in [2.24, 2.45) is 5.90 Å². The van der Waals surface area contributed by atoms with E-state index in [0.29, 0.717) is 0 Å². The Kier molecular flexibility index (Phi) is 2.36. The second-order valence-corrected chi connectivity index (χ2v) is 2.66. The zero-order chi connectivity index (χ0) is 6.78. The second kappa shape index (κ2) is 2.41. The lowest BCUT2D eigenvalue weighted by atomic mass is 10.1. The molecule has 0 heterocycles. The third kappa shape index (κ3) is 2.23. The summed E-state index contributed by atoms with van der Waals surface area (Å²) in [7, 11) is 0. The van der Waals surface area contributed by atoms with Crippen LogP contribution < -0.4 is 11.1 Å². The predicted molar refractivity (Wildman–Crippen MR) is 29.4 cm³/mol. The number of hydrogen-bond donors (Lipinski definition) is 2. The minimum atomic E-state index is -0.477. The summed E-state index contributed by atoms with van der Waals surface area (Å²) >= 11 is 0. The van der Waals surface area contributed by atoms with E-state index in [9.17, 15) is 5.21 Å². The van der Waals surface area contributed by atoms with E-state index in [1.807, 2.05) is 0 Å². The Morgan fingerprint density at radius 1 is 1.50 bits per heavy atom. The average Bonchev–Trinajstić information content (AvgIpc) is 1.62. The Hall–Kier alpha value is -0.160. The summed E-state index contributed by atoms with van der Waals surface area (Å²) in [5, 5.41) is 10.1. The van der Waals surface area contributed by atoms with Gasteiger partial charge >= 0.3 is 0 Å². The molecule has 0 fully saturated rings. The van der Waals surface area contributed by atoms with Gasteiger partial charge in [-0.2, -0.15) is 11.1 Å². The van der Waals surface area contributed by atoms with Crippen molar-refractivity contribution in [1.82, 2.24) is 0 Å². The van der Waals surface area contributed by atoms with Gasteiger partial charge in [-0.05, 0) is 20.8 Å². The van der Waals surface area contributed by atoms with E-state index in [2.05, 4.69) is 10.8 Å². The van der Waals surface area contributed by atoms with Gasteiger partial charge in [0, 0.05) is 0 Å². The minimum absolute atomic E-state index is 0.391. The molecule has 1 atom stereocenters. The largest absolute Gasteiger partial charge is 0.598 e. The van der Waals surface area contributed by atoms with E-state index in [-0.39, 0.29) is 0 Å². The summed E-state index contributed by atoms with van der Waals surface area (Å²) in [6.07, 6.45) is 0. The summed E-state index contributed by atoms with van der Waals surface area (Å²) in [5.41, 5.74) is -0.477. The average molecular weight is 120 g/mol. The minimum Gasteiger partial charge on any atom is -0.598 e. The van der Waals surface area contributed by atoms with Crippen molar-refractivity contribution >= 4 is 0 Å². The molecular weight excluding hydrogens is 108 g/mol. The molecule has 50 valence electrons. The number of rotatable bonds is 1. The molecule has 0 saturated carbocycles. The van der Waals surface area contributed by atoms with Gasteiger partial charge in [-0.25, -0.2) is 0 Å². The van der Waals surface area contributed by atoms with Crippen LogP contribution in [0.15, 0.2) is 0 Å².